The maximum absolute atomic E-state index is 12.8. The van der Waals surface area contributed by atoms with E-state index in [0.717, 1.165) is 5.56 Å². The average Bonchev–Trinajstić information content (AvgIpc) is 3.33. The molecule has 0 radical (unpaired) electrons. The highest BCUT2D eigenvalue weighted by molar-refractivity contribution is 6.30. The maximum Gasteiger partial charge on any atom is 0.291 e. The van der Waals surface area contributed by atoms with E-state index >= 15 is 0 Å². The van der Waals surface area contributed by atoms with Crippen molar-refractivity contribution in [3.8, 4) is 17.2 Å². The number of ether oxygens (including phenoxy) is 2. The zero-order valence-corrected chi connectivity index (χ0v) is 22.2. The van der Waals surface area contributed by atoms with Gasteiger partial charge >= 0.3 is 0 Å². The minimum Gasteiger partial charge on any atom is -0.486 e. The van der Waals surface area contributed by atoms with Crippen LogP contribution in [0.3, 0.4) is 0 Å². The van der Waals surface area contributed by atoms with Crippen molar-refractivity contribution in [2.24, 2.45) is 0 Å². The molecular weight excluding hydrogens is 508 g/mol. The van der Waals surface area contributed by atoms with E-state index in [1.807, 2.05) is 24.3 Å². The van der Waals surface area contributed by atoms with Crippen LogP contribution in [0, 0.1) is 17.0 Å². The Morgan fingerprint density at radius 1 is 1.00 bits per heavy atom. The van der Waals surface area contributed by atoms with Gasteiger partial charge in [-0.05, 0) is 65.9 Å². The van der Waals surface area contributed by atoms with Crippen LogP contribution in [0.1, 0.15) is 48.2 Å². The molecule has 1 heterocycles. The molecular formula is C29H27ClN2O6. The number of nitro benzene ring substituents is 1. The summed E-state index contributed by atoms with van der Waals surface area (Å²) in [6.45, 7) is 8.36. The van der Waals surface area contributed by atoms with Gasteiger partial charge in [-0.1, -0.05) is 44.5 Å². The molecule has 0 aliphatic rings. The van der Waals surface area contributed by atoms with Gasteiger partial charge < -0.3 is 19.2 Å². The fraction of sp³-hybridized carbons (Fsp3) is 0.207. The lowest BCUT2D eigenvalue weighted by Crippen LogP contribution is -2.11. The number of halogens is 1. The number of amides is 1. The molecule has 0 unspecified atom stereocenters. The fourth-order valence-corrected chi connectivity index (χ4v) is 3.88. The molecule has 1 amide bonds. The maximum atomic E-state index is 12.8. The predicted octanol–water partition coefficient (Wildman–Crippen LogP) is 8.07. The Morgan fingerprint density at radius 2 is 1.74 bits per heavy atom. The quantitative estimate of drug-likeness (QED) is 0.181. The predicted molar refractivity (Wildman–Crippen MR) is 145 cm³/mol. The van der Waals surface area contributed by atoms with Crippen molar-refractivity contribution in [3.63, 3.8) is 0 Å². The molecule has 3 aromatic carbocycles. The summed E-state index contributed by atoms with van der Waals surface area (Å²) < 4.78 is 17.2. The molecule has 0 aliphatic carbocycles. The summed E-state index contributed by atoms with van der Waals surface area (Å²) >= 11 is 5.99. The Morgan fingerprint density at radius 3 is 2.39 bits per heavy atom. The van der Waals surface area contributed by atoms with Gasteiger partial charge in [-0.2, -0.15) is 0 Å². The molecule has 0 saturated heterocycles. The number of rotatable bonds is 8. The van der Waals surface area contributed by atoms with Crippen molar-refractivity contribution < 1.29 is 23.6 Å². The van der Waals surface area contributed by atoms with Crippen LogP contribution in [-0.2, 0) is 12.0 Å². The van der Waals surface area contributed by atoms with Crippen LogP contribution in [0.15, 0.2) is 77.2 Å². The molecule has 1 aromatic heterocycles. The second kappa shape index (κ2) is 11.0. The molecule has 8 nitrogen and oxygen atoms in total. The highest BCUT2D eigenvalue weighted by atomic mass is 35.5. The number of aryl methyl sites for hydroxylation is 1. The van der Waals surface area contributed by atoms with Gasteiger partial charge in [0.2, 0.25) is 0 Å². The Bertz CT molecular complexity index is 1470. The second-order valence-electron chi connectivity index (χ2n) is 9.77. The minimum atomic E-state index is -0.570. The van der Waals surface area contributed by atoms with Crippen LogP contribution in [0.2, 0.25) is 5.02 Å². The topological polar surface area (TPSA) is 104 Å². The van der Waals surface area contributed by atoms with Gasteiger partial charge in [-0.25, -0.2) is 0 Å². The molecule has 196 valence electrons. The van der Waals surface area contributed by atoms with E-state index in [1.54, 1.807) is 31.2 Å². The van der Waals surface area contributed by atoms with Crippen LogP contribution in [-0.4, -0.2) is 10.8 Å². The van der Waals surface area contributed by atoms with Crippen molar-refractivity contribution in [3.05, 3.63) is 111 Å². The Labute approximate surface area is 225 Å². The highest BCUT2D eigenvalue weighted by Gasteiger charge is 2.17. The van der Waals surface area contributed by atoms with Crippen LogP contribution in [0.5, 0.6) is 17.2 Å². The molecule has 38 heavy (non-hydrogen) atoms. The van der Waals surface area contributed by atoms with E-state index < -0.39 is 10.8 Å². The number of furan rings is 1. The van der Waals surface area contributed by atoms with Crippen molar-refractivity contribution >= 4 is 28.9 Å². The first kappa shape index (κ1) is 26.8. The van der Waals surface area contributed by atoms with E-state index in [0.29, 0.717) is 22.3 Å². The fourth-order valence-electron chi connectivity index (χ4n) is 3.65. The Balaban J connectivity index is 1.44. The van der Waals surface area contributed by atoms with Gasteiger partial charge in [-0.3, -0.25) is 14.9 Å². The standard InChI is InChI=1S/C29H27ClN2O6/c1-18-13-20(30)7-11-26(18)38-25-15-21(14-22(16-25)32(34)35)31-28(33)27-12-10-24(37-27)17-36-23-8-5-19(6-9-23)29(2,3)4/h5-16H,17H2,1-4H3,(H,31,33). The third kappa shape index (κ3) is 6.72. The van der Waals surface area contributed by atoms with Gasteiger partial charge in [-0.15, -0.1) is 0 Å². The third-order valence-corrected chi connectivity index (χ3v) is 5.95. The number of nitrogens with one attached hydrogen (secondary N) is 1. The molecule has 4 rings (SSSR count). The summed E-state index contributed by atoms with van der Waals surface area (Å²) in [6.07, 6.45) is 0. The highest BCUT2D eigenvalue weighted by Crippen LogP contribution is 2.32. The lowest BCUT2D eigenvalue weighted by atomic mass is 9.87. The first-order chi connectivity index (χ1) is 18.0. The van der Waals surface area contributed by atoms with Crippen LogP contribution < -0.4 is 14.8 Å². The normalized spacial score (nSPS) is 11.2. The summed E-state index contributed by atoms with van der Waals surface area (Å²) in [5.74, 6) is 1.27. The number of hydrogen-bond donors (Lipinski definition) is 1. The monoisotopic (exact) mass is 534 g/mol. The van der Waals surface area contributed by atoms with Crippen LogP contribution in [0.4, 0.5) is 11.4 Å². The molecule has 0 saturated carbocycles. The largest absolute Gasteiger partial charge is 0.486 e. The molecule has 0 spiro atoms. The molecule has 0 fully saturated rings. The number of nitrogens with zero attached hydrogens (tertiary/aromatic N) is 1. The number of benzene rings is 3. The lowest BCUT2D eigenvalue weighted by Gasteiger charge is -2.19. The van der Waals surface area contributed by atoms with Crippen LogP contribution in [0.25, 0.3) is 0 Å². The van der Waals surface area contributed by atoms with Gasteiger partial charge in [0.15, 0.2) is 5.76 Å². The van der Waals surface area contributed by atoms with Gasteiger partial charge in [0.05, 0.1) is 16.7 Å². The molecule has 0 atom stereocenters. The molecule has 0 aliphatic heterocycles. The molecule has 9 heteroatoms. The average molecular weight is 535 g/mol. The minimum absolute atomic E-state index is 0.0363. The van der Waals surface area contributed by atoms with Crippen molar-refractivity contribution in [1.82, 2.24) is 0 Å². The smallest absolute Gasteiger partial charge is 0.291 e. The van der Waals surface area contributed by atoms with Gasteiger partial charge in [0.25, 0.3) is 11.6 Å². The zero-order chi connectivity index (χ0) is 27.4. The molecule has 0 bridgehead atoms. The van der Waals surface area contributed by atoms with E-state index in [1.165, 1.54) is 29.8 Å². The second-order valence-corrected chi connectivity index (χ2v) is 10.2. The Kier molecular flexibility index (Phi) is 7.73. The molecule has 4 aromatic rings. The zero-order valence-electron chi connectivity index (χ0n) is 21.4. The van der Waals surface area contributed by atoms with Gasteiger partial charge in [0, 0.05) is 17.2 Å². The number of nitro groups is 1. The number of hydrogen-bond acceptors (Lipinski definition) is 6. The lowest BCUT2D eigenvalue weighted by molar-refractivity contribution is -0.384. The number of carbonyl (C=O) groups is 1. The number of non-ortho nitro benzene ring substituents is 1. The Hall–Kier alpha value is -4.30. The van der Waals surface area contributed by atoms with Crippen molar-refractivity contribution in [1.29, 1.82) is 0 Å². The van der Waals surface area contributed by atoms with Gasteiger partial charge in [0.1, 0.15) is 29.6 Å². The van der Waals surface area contributed by atoms with Crippen LogP contribution >= 0.6 is 11.6 Å². The number of anilines is 1. The summed E-state index contributed by atoms with van der Waals surface area (Å²) in [6, 6.07) is 20.0. The molecule has 1 N–H and O–H groups in total. The van der Waals surface area contributed by atoms with E-state index in [-0.39, 0.29) is 34.9 Å². The summed E-state index contributed by atoms with van der Waals surface area (Å²) in [7, 11) is 0. The van der Waals surface area contributed by atoms with E-state index in [4.69, 9.17) is 25.5 Å². The number of carbonyl (C=O) groups excluding carboxylic acids is 1. The SMILES string of the molecule is Cc1cc(Cl)ccc1Oc1cc(NC(=O)c2ccc(COc3ccc(C(C)(C)C)cc3)o2)cc([N+](=O)[O-])c1. The van der Waals surface area contributed by atoms with E-state index in [9.17, 15) is 14.9 Å². The summed E-state index contributed by atoms with van der Waals surface area (Å²) in [5, 5.41) is 14.6. The van der Waals surface area contributed by atoms with E-state index in [2.05, 4.69) is 26.1 Å². The van der Waals surface area contributed by atoms with Crippen molar-refractivity contribution in [2.45, 2.75) is 39.7 Å². The first-order valence-electron chi connectivity index (χ1n) is 11.8. The summed E-state index contributed by atoms with van der Waals surface area (Å²) in [5.41, 5.74) is 1.93. The summed E-state index contributed by atoms with van der Waals surface area (Å²) in [4.78, 5) is 23.7. The van der Waals surface area contributed by atoms with Crippen molar-refractivity contribution in [2.75, 3.05) is 5.32 Å². The first-order valence-corrected chi connectivity index (χ1v) is 12.2. The third-order valence-electron chi connectivity index (χ3n) is 5.71.